The molecule has 2 rings (SSSR count). The summed E-state index contributed by atoms with van der Waals surface area (Å²) in [6, 6.07) is 4.69. The highest BCUT2D eigenvalue weighted by atomic mass is 35.5. The summed E-state index contributed by atoms with van der Waals surface area (Å²) in [4.78, 5) is 0. The molecular formula is C16H21ClFN3. The van der Waals surface area contributed by atoms with Gasteiger partial charge in [0.05, 0.1) is 23.0 Å². The largest absolute Gasteiger partial charge is 0.305 e. The van der Waals surface area contributed by atoms with Crippen LogP contribution < -0.4 is 5.32 Å². The van der Waals surface area contributed by atoms with Crippen molar-refractivity contribution in [2.75, 3.05) is 6.54 Å². The van der Waals surface area contributed by atoms with Crippen molar-refractivity contribution in [3.8, 4) is 0 Å². The van der Waals surface area contributed by atoms with Gasteiger partial charge in [0.1, 0.15) is 5.82 Å². The summed E-state index contributed by atoms with van der Waals surface area (Å²) in [5, 5.41) is 8.34. The van der Waals surface area contributed by atoms with Crippen molar-refractivity contribution in [1.29, 1.82) is 0 Å². The fraction of sp³-hybridized carbons (Fsp3) is 0.438. The predicted octanol–water partition coefficient (Wildman–Crippen LogP) is 4.09. The van der Waals surface area contributed by atoms with E-state index in [0.717, 1.165) is 36.3 Å². The predicted molar refractivity (Wildman–Crippen MR) is 84.2 cm³/mol. The monoisotopic (exact) mass is 309 g/mol. The van der Waals surface area contributed by atoms with Crippen molar-refractivity contribution >= 4 is 11.6 Å². The number of aromatic nitrogens is 2. The third-order valence-corrected chi connectivity index (χ3v) is 3.79. The van der Waals surface area contributed by atoms with E-state index in [0.29, 0.717) is 5.02 Å². The molecule has 3 nitrogen and oxygen atoms in total. The molecule has 114 valence electrons. The number of halogens is 2. The summed E-state index contributed by atoms with van der Waals surface area (Å²) in [6.45, 7) is 7.64. The highest BCUT2D eigenvalue weighted by Crippen LogP contribution is 2.30. The second-order valence-electron chi connectivity index (χ2n) is 5.09. The first kappa shape index (κ1) is 16.0. The number of rotatable bonds is 6. The molecule has 0 saturated carbocycles. The maximum atomic E-state index is 13.7. The van der Waals surface area contributed by atoms with E-state index < -0.39 is 0 Å². The molecule has 0 amide bonds. The van der Waals surface area contributed by atoms with Crippen molar-refractivity contribution in [2.24, 2.45) is 0 Å². The molecule has 1 unspecified atom stereocenters. The minimum Gasteiger partial charge on any atom is -0.305 e. The highest BCUT2D eigenvalue weighted by Gasteiger charge is 2.23. The zero-order valence-electron chi connectivity index (χ0n) is 12.7. The first-order valence-electron chi connectivity index (χ1n) is 7.29. The van der Waals surface area contributed by atoms with Gasteiger partial charge in [-0.3, -0.25) is 4.68 Å². The Bertz CT molecular complexity index is 610. The molecule has 0 saturated heterocycles. The zero-order chi connectivity index (χ0) is 15.4. The van der Waals surface area contributed by atoms with E-state index in [-0.39, 0.29) is 11.9 Å². The van der Waals surface area contributed by atoms with Gasteiger partial charge in [-0.1, -0.05) is 31.5 Å². The van der Waals surface area contributed by atoms with Gasteiger partial charge >= 0.3 is 0 Å². The van der Waals surface area contributed by atoms with Crippen LogP contribution in [0.15, 0.2) is 24.4 Å². The molecule has 0 aliphatic carbocycles. The van der Waals surface area contributed by atoms with Gasteiger partial charge in [0.15, 0.2) is 0 Å². The standard InChI is InChI=1S/C16H21ClFN3/c1-4-8-21-16(14(17)10-20-21)15(19-5-2)13-9-12(18)7-6-11(13)3/h6-7,9-10,15,19H,4-5,8H2,1-3H3. The average Bonchev–Trinajstić information content (AvgIpc) is 2.81. The van der Waals surface area contributed by atoms with Gasteiger partial charge in [-0.15, -0.1) is 0 Å². The first-order chi connectivity index (χ1) is 10.1. The molecular weight excluding hydrogens is 289 g/mol. The van der Waals surface area contributed by atoms with E-state index in [4.69, 9.17) is 11.6 Å². The molecule has 1 aromatic carbocycles. The highest BCUT2D eigenvalue weighted by molar-refractivity contribution is 6.31. The average molecular weight is 310 g/mol. The maximum absolute atomic E-state index is 13.7. The second-order valence-corrected chi connectivity index (χ2v) is 5.50. The Kier molecular flexibility index (Phi) is 5.37. The third kappa shape index (κ3) is 3.44. The van der Waals surface area contributed by atoms with Crippen LogP contribution in [-0.2, 0) is 6.54 Å². The van der Waals surface area contributed by atoms with E-state index >= 15 is 0 Å². The SMILES string of the molecule is CCCn1ncc(Cl)c1C(NCC)c1cc(F)ccc1C. The minimum atomic E-state index is -0.240. The smallest absolute Gasteiger partial charge is 0.123 e. The summed E-state index contributed by atoms with van der Waals surface area (Å²) < 4.78 is 15.6. The van der Waals surface area contributed by atoms with Gasteiger partial charge in [-0.25, -0.2) is 4.39 Å². The van der Waals surface area contributed by atoms with Crippen LogP contribution in [0.25, 0.3) is 0 Å². The van der Waals surface area contributed by atoms with Gasteiger partial charge in [0.25, 0.3) is 0 Å². The molecule has 2 aromatic rings. The summed E-state index contributed by atoms with van der Waals surface area (Å²) in [5.74, 6) is -0.240. The molecule has 1 aromatic heterocycles. The second kappa shape index (κ2) is 7.05. The fourth-order valence-corrected chi connectivity index (χ4v) is 2.78. The van der Waals surface area contributed by atoms with Gasteiger partial charge in [0.2, 0.25) is 0 Å². The Morgan fingerprint density at radius 1 is 1.38 bits per heavy atom. The van der Waals surface area contributed by atoms with Crippen LogP contribution >= 0.6 is 11.6 Å². The van der Waals surface area contributed by atoms with E-state index in [1.165, 1.54) is 6.07 Å². The zero-order valence-corrected chi connectivity index (χ0v) is 13.4. The molecule has 0 fully saturated rings. The number of hydrogen-bond acceptors (Lipinski definition) is 2. The molecule has 0 bridgehead atoms. The van der Waals surface area contributed by atoms with Gasteiger partial charge in [0, 0.05) is 6.54 Å². The summed E-state index contributed by atoms with van der Waals surface area (Å²) in [6.07, 6.45) is 2.62. The molecule has 5 heteroatoms. The van der Waals surface area contributed by atoms with Crippen LogP contribution in [0, 0.1) is 12.7 Å². The normalized spacial score (nSPS) is 12.6. The number of nitrogens with zero attached hydrogens (tertiary/aromatic N) is 2. The van der Waals surface area contributed by atoms with Crippen molar-refractivity contribution in [3.05, 3.63) is 52.1 Å². The molecule has 1 N–H and O–H groups in total. The lowest BCUT2D eigenvalue weighted by molar-refractivity contribution is 0.517. The number of benzene rings is 1. The quantitative estimate of drug-likeness (QED) is 0.871. The van der Waals surface area contributed by atoms with Crippen molar-refractivity contribution < 1.29 is 4.39 Å². The topological polar surface area (TPSA) is 29.9 Å². The Morgan fingerprint density at radius 2 is 2.14 bits per heavy atom. The van der Waals surface area contributed by atoms with Crippen LogP contribution in [0.3, 0.4) is 0 Å². The van der Waals surface area contributed by atoms with Crippen LogP contribution in [-0.4, -0.2) is 16.3 Å². The van der Waals surface area contributed by atoms with Crippen LogP contribution in [0.5, 0.6) is 0 Å². The van der Waals surface area contributed by atoms with Crippen molar-refractivity contribution in [2.45, 2.75) is 39.8 Å². The summed E-state index contributed by atoms with van der Waals surface area (Å²) in [7, 11) is 0. The van der Waals surface area contributed by atoms with Crippen molar-refractivity contribution in [3.63, 3.8) is 0 Å². The van der Waals surface area contributed by atoms with Gasteiger partial charge in [-0.05, 0) is 43.1 Å². The number of hydrogen-bond donors (Lipinski definition) is 1. The van der Waals surface area contributed by atoms with Gasteiger partial charge < -0.3 is 5.32 Å². The minimum absolute atomic E-state index is 0.160. The van der Waals surface area contributed by atoms with Gasteiger partial charge in [-0.2, -0.15) is 5.10 Å². The summed E-state index contributed by atoms with van der Waals surface area (Å²) >= 11 is 6.34. The van der Waals surface area contributed by atoms with Crippen LogP contribution in [0.1, 0.15) is 43.1 Å². The Balaban J connectivity index is 2.53. The van der Waals surface area contributed by atoms with E-state index in [1.807, 2.05) is 18.5 Å². The van der Waals surface area contributed by atoms with Crippen LogP contribution in [0.4, 0.5) is 4.39 Å². The molecule has 0 aliphatic rings. The van der Waals surface area contributed by atoms with Crippen LogP contribution in [0.2, 0.25) is 5.02 Å². The lowest BCUT2D eigenvalue weighted by Gasteiger charge is -2.22. The Labute approximate surface area is 130 Å². The van der Waals surface area contributed by atoms with E-state index in [2.05, 4.69) is 17.3 Å². The molecule has 21 heavy (non-hydrogen) atoms. The third-order valence-electron chi connectivity index (χ3n) is 3.50. The van der Waals surface area contributed by atoms with Crippen molar-refractivity contribution in [1.82, 2.24) is 15.1 Å². The van der Waals surface area contributed by atoms with E-state index in [1.54, 1.807) is 18.3 Å². The molecule has 0 spiro atoms. The fourth-order valence-electron chi connectivity index (χ4n) is 2.53. The maximum Gasteiger partial charge on any atom is 0.123 e. The Hall–Kier alpha value is -1.39. The molecule has 1 heterocycles. The first-order valence-corrected chi connectivity index (χ1v) is 7.66. The molecule has 0 aliphatic heterocycles. The number of aryl methyl sites for hydroxylation is 2. The lowest BCUT2D eigenvalue weighted by atomic mass is 9.98. The molecule has 0 radical (unpaired) electrons. The Morgan fingerprint density at radius 3 is 2.81 bits per heavy atom. The lowest BCUT2D eigenvalue weighted by Crippen LogP contribution is -2.26. The van der Waals surface area contributed by atoms with E-state index in [9.17, 15) is 4.39 Å². The summed E-state index contributed by atoms with van der Waals surface area (Å²) in [5.41, 5.74) is 2.83. The number of nitrogens with one attached hydrogen (secondary N) is 1. The molecule has 1 atom stereocenters.